The molecule has 15 heavy (non-hydrogen) atoms. The molecule has 1 aliphatic heterocycles. The Morgan fingerprint density at radius 1 is 1.40 bits per heavy atom. The average molecular weight is 234 g/mol. The molecule has 1 fully saturated rings. The average Bonchev–Trinajstić information content (AvgIpc) is 2.44. The van der Waals surface area contributed by atoms with E-state index >= 15 is 0 Å². The molecule has 0 saturated carbocycles. The van der Waals surface area contributed by atoms with Gasteiger partial charge >= 0.3 is 0 Å². The number of rotatable bonds is 6. The van der Waals surface area contributed by atoms with Crippen LogP contribution in [0.5, 0.6) is 0 Å². The van der Waals surface area contributed by atoms with Crippen LogP contribution in [0, 0.1) is 5.92 Å². The Labute approximate surface area is 93.1 Å². The third-order valence-corrected chi connectivity index (χ3v) is 4.47. The van der Waals surface area contributed by atoms with Crippen LogP contribution < -0.4 is 5.32 Å². The largest absolute Gasteiger partial charge is 0.316 e. The van der Waals surface area contributed by atoms with Crippen molar-refractivity contribution in [3.8, 4) is 0 Å². The molecule has 0 aromatic carbocycles. The number of nitrogens with one attached hydrogen (secondary N) is 1. The van der Waals surface area contributed by atoms with Crippen molar-refractivity contribution in [2.24, 2.45) is 5.92 Å². The lowest BCUT2D eigenvalue weighted by Crippen LogP contribution is -2.30. The second-order valence-corrected chi connectivity index (χ2v) is 6.61. The maximum absolute atomic E-state index is 11.4. The Morgan fingerprint density at radius 2 is 2.13 bits per heavy atom. The van der Waals surface area contributed by atoms with Crippen molar-refractivity contribution < 1.29 is 8.42 Å². The minimum Gasteiger partial charge on any atom is -0.316 e. The molecule has 0 bridgehead atoms. The molecule has 0 radical (unpaired) electrons. The number of sulfonamides is 1. The van der Waals surface area contributed by atoms with Gasteiger partial charge in [0.25, 0.3) is 0 Å². The molecule has 0 aromatic heterocycles. The van der Waals surface area contributed by atoms with Gasteiger partial charge in [0, 0.05) is 13.1 Å². The van der Waals surface area contributed by atoms with E-state index in [2.05, 4.69) is 19.2 Å². The quantitative estimate of drug-likeness (QED) is 0.687. The highest BCUT2D eigenvalue weighted by atomic mass is 32.2. The van der Waals surface area contributed by atoms with E-state index in [1.807, 2.05) is 0 Å². The van der Waals surface area contributed by atoms with Gasteiger partial charge in [-0.1, -0.05) is 13.8 Å². The lowest BCUT2D eigenvalue weighted by atomic mass is 10.2. The van der Waals surface area contributed by atoms with Gasteiger partial charge < -0.3 is 5.32 Å². The summed E-state index contributed by atoms with van der Waals surface area (Å²) in [7, 11) is -2.89. The third kappa shape index (κ3) is 4.49. The molecule has 0 spiro atoms. The first kappa shape index (κ1) is 12.9. The highest BCUT2D eigenvalue weighted by Gasteiger charge is 2.27. The summed E-state index contributed by atoms with van der Waals surface area (Å²) < 4.78 is 24.5. The molecular weight excluding hydrogens is 212 g/mol. The van der Waals surface area contributed by atoms with Crippen molar-refractivity contribution in [1.82, 2.24) is 9.62 Å². The fraction of sp³-hybridized carbons (Fsp3) is 1.00. The van der Waals surface area contributed by atoms with E-state index in [1.54, 1.807) is 4.31 Å². The number of hydrogen-bond acceptors (Lipinski definition) is 3. The van der Waals surface area contributed by atoms with Crippen molar-refractivity contribution >= 4 is 10.0 Å². The predicted octanol–water partition coefficient (Wildman–Crippen LogP) is 0.658. The molecule has 4 nitrogen and oxygen atoms in total. The zero-order valence-corrected chi connectivity index (χ0v) is 10.5. The first-order valence-corrected chi connectivity index (χ1v) is 7.32. The van der Waals surface area contributed by atoms with Crippen LogP contribution in [0.3, 0.4) is 0 Å². The van der Waals surface area contributed by atoms with Crippen LogP contribution in [-0.2, 0) is 10.0 Å². The van der Waals surface area contributed by atoms with Crippen LogP contribution >= 0.6 is 0 Å². The fourth-order valence-electron chi connectivity index (χ4n) is 1.71. The van der Waals surface area contributed by atoms with Gasteiger partial charge in [0.2, 0.25) is 10.0 Å². The molecule has 0 unspecified atom stereocenters. The van der Waals surface area contributed by atoms with Crippen LogP contribution in [0.4, 0.5) is 0 Å². The minimum absolute atomic E-state index is 0.340. The fourth-order valence-corrected chi connectivity index (χ4v) is 3.28. The zero-order valence-electron chi connectivity index (χ0n) is 9.70. The van der Waals surface area contributed by atoms with Crippen LogP contribution in [0.25, 0.3) is 0 Å². The molecular formula is C10H22N2O2S. The van der Waals surface area contributed by atoms with E-state index in [0.717, 1.165) is 25.9 Å². The highest BCUT2D eigenvalue weighted by Crippen LogP contribution is 2.12. The molecule has 0 amide bonds. The van der Waals surface area contributed by atoms with Crippen molar-refractivity contribution in [2.45, 2.75) is 26.7 Å². The summed E-state index contributed by atoms with van der Waals surface area (Å²) in [6, 6.07) is 0. The van der Waals surface area contributed by atoms with Crippen molar-refractivity contribution in [3.63, 3.8) is 0 Å². The summed E-state index contributed by atoms with van der Waals surface area (Å²) >= 11 is 0. The maximum Gasteiger partial charge on any atom is 0.214 e. The lowest BCUT2D eigenvalue weighted by molar-refractivity contribution is 0.425. The summed E-state index contributed by atoms with van der Waals surface area (Å²) in [4.78, 5) is 0. The number of nitrogens with zero attached hydrogens (tertiary/aromatic N) is 1. The van der Waals surface area contributed by atoms with Gasteiger partial charge in [0.15, 0.2) is 0 Å². The van der Waals surface area contributed by atoms with E-state index < -0.39 is 10.0 Å². The molecule has 1 rings (SSSR count). The first-order chi connectivity index (χ1) is 7.02. The Bertz CT molecular complexity index is 275. The van der Waals surface area contributed by atoms with Gasteiger partial charge in [0.05, 0.1) is 5.75 Å². The second-order valence-electron chi connectivity index (χ2n) is 4.52. The van der Waals surface area contributed by atoms with Crippen molar-refractivity contribution in [3.05, 3.63) is 0 Å². The van der Waals surface area contributed by atoms with E-state index in [1.165, 1.54) is 0 Å². The molecule has 1 heterocycles. The lowest BCUT2D eigenvalue weighted by Gasteiger charge is -2.14. The molecule has 1 N–H and O–H groups in total. The van der Waals surface area contributed by atoms with Gasteiger partial charge in [-0.25, -0.2) is 12.7 Å². The van der Waals surface area contributed by atoms with E-state index in [0.29, 0.717) is 24.8 Å². The van der Waals surface area contributed by atoms with E-state index in [4.69, 9.17) is 0 Å². The SMILES string of the molecule is CC(C)CNCCCN1CCCS1(=O)=O. The van der Waals surface area contributed by atoms with Crippen LogP contribution in [0.15, 0.2) is 0 Å². The van der Waals surface area contributed by atoms with Gasteiger partial charge in [-0.3, -0.25) is 0 Å². The molecule has 0 aliphatic carbocycles. The summed E-state index contributed by atoms with van der Waals surface area (Å²) in [6.45, 7) is 7.63. The number of hydrogen-bond donors (Lipinski definition) is 1. The molecule has 0 atom stereocenters. The molecule has 5 heteroatoms. The standard InChI is InChI=1S/C10H22N2O2S/c1-10(2)9-11-5-3-6-12-7-4-8-15(12,13)14/h10-11H,3-9H2,1-2H3. The summed E-state index contributed by atoms with van der Waals surface area (Å²) in [6.07, 6.45) is 1.70. The van der Waals surface area contributed by atoms with Crippen LogP contribution in [0.1, 0.15) is 26.7 Å². The molecule has 0 aromatic rings. The Balaban J connectivity index is 2.10. The minimum atomic E-state index is -2.89. The molecule has 1 aliphatic rings. The maximum atomic E-state index is 11.4. The second kappa shape index (κ2) is 5.82. The van der Waals surface area contributed by atoms with Gasteiger partial charge in [-0.15, -0.1) is 0 Å². The summed E-state index contributed by atoms with van der Waals surface area (Å²) in [5, 5.41) is 3.31. The Hall–Kier alpha value is -0.130. The Kier molecular flexibility index (Phi) is 5.02. The summed E-state index contributed by atoms with van der Waals surface area (Å²) in [5.41, 5.74) is 0. The normalized spacial score (nSPS) is 21.3. The molecule has 90 valence electrons. The van der Waals surface area contributed by atoms with Crippen LogP contribution in [0.2, 0.25) is 0 Å². The van der Waals surface area contributed by atoms with Gasteiger partial charge in [-0.2, -0.15) is 0 Å². The van der Waals surface area contributed by atoms with Gasteiger partial charge in [-0.05, 0) is 31.8 Å². The van der Waals surface area contributed by atoms with Crippen LogP contribution in [-0.4, -0.2) is 44.7 Å². The van der Waals surface area contributed by atoms with E-state index in [9.17, 15) is 8.42 Å². The monoisotopic (exact) mass is 234 g/mol. The summed E-state index contributed by atoms with van der Waals surface area (Å²) in [5.74, 6) is 0.993. The topological polar surface area (TPSA) is 49.4 Å². The highest BCUT2D eigenvalue weighted by molar-refractivity contribution is 7.89. The Morgan fingerprint density at radius 3 is 2.67 bits per heavy atom. The van der Waals surface area contributed by atoms with Crippen molar-refractivity contribution in [2.75, 3.05) is 31.9 Å². The van der Waals surface area contributed by atoms with E-state index in [-0.39, 0.29) is 0 Å². The van der Waals surface area contributed by atoms with Crippen molar-refractivity contribution in [1.29, 1.82) is 0 Å². The smallest absolute Gasteiger partial charge is 0.214 e. The first-order valence-electron chi connectivity index (χ1n) is 5.71. The third-order valence-electron chi connectivity index (χ3n) is 2.52. The van der Waals surface area contributed by atoms with Gasteiger partial charge in [0.1, 0.15) is 0 Å². The predicted molar refractivity (Wildman–Crippen MR) is 62.3 cm³/mol. The zero-order chi connectivity index (χ0) is 11.3. The molecule has 1 saturated heterocycles.